The number of amides is 1. The highest BCUT2D eigenvalue weighted by Gasteiger charge is 2.48. The molecule has 1 aromatic heterocycles. The summed E-state index contributed by atoms with van der Waals surface area (Å²) >= 11 is 15.0. The molecule has 2 aliphatic heterocycles. The Balaban J connectivity index is 1.41. The molecule has 0 unspecified atom stereocenters. The number of unbranched alkanes of at least 4 members (excludes halogenated alkanes) is 1. The molecule has 6 rings (SSSR count). The Morgan fingerprint density at radius 2 is 1.90 bits per heavy atom. The van der Waals surface area contributed by atoms with Crippen molar-refractivity contribution in [1.29, 1.82) is 0 Å². The van der Waals surface area contributed by atoms with E-state index in [0.29, 0.717) is 62.4 Å². The van der Waals surface area contributed by atoms with Crippen molar-refractivity contribution >= 4 is 68.9 Å². The van der Waals surface area contributed by atoms with Crippen molar-refractivity contribution in [3.05, 3.63) is 92.5 Å². The van der Waals surface area contributed by atoms with E-state index in [4.69, 9.17) is 37.4 Å². The van der Waals surface area contributed by atoms with Gasteiger partial charge in [-0.2, -0.15) is 0 Å². The number of aliphatic hydroxyl groups excluding tert-OH is 1. The standard InChI is InChI=1S/C35H33Cl2N3O6S2/c1-4-6-13-45-27-12-8-20(16-28(27)44-5-2)30-29(31(41)21-9-11-26-23(15-21)14-19(3)46-26)32(42)33(43)40(30)34-38-39-35(48-34)47-18-22-7-10-24(36)17-25(22)37/h7-12,15-17,19,30,41H,4-6,13-14,18H2,1-3H3/b31-29+/t19-,30-/m1/s1. The minimum Gasteiger partial charge on any atom is -0.507 e. The third-order valence-corrected chi connectivity index (χ3v) is 10.6. The summed E-state index contributed by atoms with van der Waals surface area (Å²) < 4.78 is 18.3. The number of benzene rings is 3. The zero-order chi connectivity index (χ0) is 33.9. The van der Waals surface area contributed by atoms with Crippen LogP contribution in [0.15, 0.2) is 64.5 Å². The summed E-state index contributed by atoms with van der Waals surface area (Å²) in [7, 11) is 0. The molecule has 0 bridgehead atoms. The van der Waals surface area contributed by atoms with E-state index in [0.717, 1.165) is 29.7 Å². The number of Topliss-reactive ketones (excluding diaryl/α,β-unsaturated/α-hetero) is 1. The molecule has 1 fully saturated rings. The van der Waals surface area contributed by atoms with Gasteiger partial charge >= 0.3 is 5.91 Å². The largest absolute Gasteiger partial charge is 0.507 e. The zero-order valence-corrected chi connectivity index (χ0v) is 29.6. The number of aromatic nitrogens is 2. The topological polar surface area (TPSA) is 111 Å². The summed E-state index contributed by atoms with van der Waals surface area (Å²) in [5, 5.41) is 21.7. The highest BCUT2D eigenvalue weighted by molar-refractivity contribution is 8.00. The molecule has 2 aliphatic rings. The first-order valence-electron chi connectivity index (χ1n) is 15.6. The van der Waals surface area contributed by atoms with E-state index in [1.807, 2.05) is 19.9 Å². The van der Waals surface area contributed by atoms with E-state index in [9.17, 15) is 14.7 Å². The molecule has 48 heavy (non-hydrogen) atoms. The van der Waals surface area contributed by atoms with Gasteiger partial charge in [0.15, 0.2) is 15.8 Å². The van der Waals surface area contributed by atoms with Gasteiger partial charge in [0.2, 0.25) is 5.13 Å². The lowest BCUT2D eigenvalue weighted by molar-refractivity contribution is -0.132. The van der Waals surface area contributed by atoms with Crippen LogP contribution in [0.1, 0.15) is 61.9 Å². The quantitative estimate of drug-likeness (QED) is 0.0383. The first kappa shape index (κ1) is 34.1. The molecule has 1 amide bonds. The molecule has 0 saturated carbocycles. The Morgan fingerprint density at radius 3 is 2.67 bits per heavy atom. The number of ether oxygens (including phenoxy) is 3. The van der Waals surface area contributed by atoms with Crippen molar-refractivity contribution in [3.63, 3.8) is 0 Å². The van der Waals surface area contributed by atoms with Crippen molar-refractivity contribution in [2.75, 3.05) is 18.1 Å². The lowest BCUT2D eigenvalue weighted by Crippen LogP contribution is -2.29. The fourth-order valence-electron chi connectivity index (χ4n) is 5.62. The second-order valence-corrected chi connectivity index (χ2v) is 14.4. The summed E-state index contributed by atoms with van der Waals surface area (Å²) in [6, 6.07) is 14.8. The lowest BCUT2D eigenvalue weighted by Gasteiger charge is -2.23. The molecule has 4 aromatic rings. The van der Waals surface area contributed by atoms with Crippen molar-refractivity contribution < 1.29 is 28.9 Å². The average molecular weight is 727 g/mol. The van der Waals surface area contributed by atoms with Gasteiger partial charge in [-0.1, -0.05) is 71.8 Å². The van der Waals surface area contributed by atoms with Gasteiger partial charge in [-0.25, -0.2) is 0 Å². The van der Waals surface area contributed by atoms with Gasteiger partial charge in [-0.05, 0) is 79.4 Å². The van der Waals surface area contributed by atoms with Crippen LogP contribution >= 0.6 is 46.3 Å². The van der Waals surface area contributed by atoms with E-state index in [1.54, 1.807) is 48.5 Å². The Hall–Kier alpha value is -3.77. The fourth-order valence-corrected chi connectivity index (χ4v) is 8.04. The first-order chi connectivity index (χ1) is 23.2. The second-order valence-electron chi connectivity index (χ2n) is 11.3. The molecule has 1 N–H and O–H groups in total. The molecule has 0 aliphatic carbocycles. The van der Waals surface area contributed by atoms with Gasteiger partial charge in [-0.3, -0.25) is 14.5 Å². The number of fused-ring (bicyclic) bond motifs is 1. The predicted molar refractivity (Wildman–Crippen MR) is 189 cm³/mol. The maximum Gasteiger partial charge on any atom is 0.301 e. The molecular formula is C35H33Cl2N3O6S2. The van der Waals surface area contributed by atoms with Crippen LogP contribution < -0.4 is 19.1 Å². The lowest BCUT2D eigenvalue weighted by atomic mass is 9.94. The summed E-state index contributed by atoms with van der Waals surface area (Å²) in [5.41, 5.74) is 2.66. The van der Waals surface area contributed by atoms with Crippen molar-refractivity contribution in [1.82, 2.24) is 10.2 Å². The van der Waals surface area contributed by atoms with Crippen molar-refractivity contribution in [2.24, 2.45) is 0 Å². The number of nitrogens with zero attached hydrogens (tertiary/aromatic N) is 3. The van der Waals surface area contributed by atoms with E-state index in [-0.39, 0.29) is 22.6 Å². The maximum absolute atomic E-state index is 13.8. The number of carbonyl (C=O) groups is 2. The molecule has 3 aromatic carbocycles. The van der Waals surface area contributed by atoms with Crippen LogP contribution in [0.2, 0.25) is 10.0 Å². The molecule has 3 heterocycles. The van der Waals surface area contributed by atoms with Gasteiger partial charge in [-0.15, -0.1) is 10.2 Å². The van der Waals surface area contributed by atoms with Gasteiger partial charge in [0, 0.05) is 27.8 Å². The molecule has 0 spiro atoms. The highest BCUT2D eigenvalue weighted by atomic mass is 35.5. The number of aliphatic hydroxyl groups is 1. The summed E-state index contributed by atoms with van der Waals surface area (Å²) in [6.45, 7) is 6.80. The number of halogens is 2. The van der Waals surface area contributed by atoms with Crippen LogP contribution in [0, 0.1) is 0 Å². The van der Waals surface area contributed by atoms with Gasteiger partial charge in [0.1, 0.15) is 17.6 Å². The van der Waals surface area contributed by atoms with E-state index >= 15 is 0 Å². The third kappa shape index (κ3) is 7.01. The summed E-state index contributed by atoms with van der Waals surface area (Å²) in [5.74, 6) is 0.291. The van der Waals surface area contributed by atoms with E-state index in [1.165, 1.54) is 28.0 Å². The van der Waals surface area contributed by atoms with E-state index in [2.05, 4.69) is 17.1 Å². The zero-order valence-electron chi connectivity index (χ0n) is 26.5. The number of hydrogen-bond donors (Lipinski definition) is 1. The number of thioether (sulfide) groups is 1. The molecule has 2 atom stereocenters. The maximum atomic E-state index is 13.8. The molecule has 9 nitrogen and oxygen atoms in total. The number of anilines is 1. The molecule has 250 valence electrons. The predicted octanol–water partition coefficient (Wildman–Crippen LogP) is 8.66. The van der Waals surface area contributed by atoms with Crippen molar-refractivity contribution in [3.8, 4) is 17.2 Å². The number of hydrogen-bond acceptors (Lipinski definition) is 10. The summed E-state index contributed by atoms with van der Waals surface area (Å²) in [6.07, 6.45) is 2.51. The molecule has 13 heteroatoms. The van der Waals surface area contributed by atoms with Crippen LogP contribution in [0.3, 0.4) is 0 Å². The van der Waals surface area contributed by atoms with Crippen LogP contribution in [0.5, 0.6) is 17.2 Å². The Bertz CT molecular complexity index is 1900. The monoisotopic (exact) mass is 725 g/mol. The Morgan fingerprint density at radius 1 is 1.06 bits per heavy atom. The molecular weight excluding hydrogens is 693 g/mol. The first-order valence-corrected chi connectivity index (χ1v) is 18.1. The van der Waals surface area contributed by atoms with Crippen molar-refractivity contribution in [2.45, 2.75) is 62.3 Å². The normalized spacial score (nSPS) is 18.2. The van der Waals surface area contributed by atoms with Crippen LogP contribution in [-0.4, -0.2) is 46.3 Å². The van der Waals surface area contributed by atoms with Gasteiger partial charge < -0.3 is 19.3 Å². The van der Waals surface area contributed by atoms with Gasteiger partial charge in [0.25, 0.3) is 5.78 Å². The SMILES string of the molecule is CCCCOc1ccc([C@@H]2/C(=C(\O)c3ccc4c(c3)C[C@@H](C)O4)C(=O)C(=O)N2c2nnc(SCc3ccc(Cl)cc3Cl)s2)cc1OCC. The van der Waals surface area contributed by atoms with E-state index < -0.39 is 17.7 Å². The number of carbonyl (C=O) groups excluding carboxylic acids is 2. The van der Waals surface area contributed by atoms with Gasteiger partial charge in [0.05, 0.1) is 24.8 Å². The average Bonchev–Trinajstić information content (AvgIpc) is 3.76. The fraction of sp³-hybridized carbons (Fsp3) is 0.314. The summed E-state index contributed by atoms with van der Waals surface area (Å²) in [4.78, 5) is 29.0. The third-order valence-electron chi connectivity index (χ3n) is 7.92. The molecule has 0 radical (unpaired) electrons. The second kappa shape index (κ2) is 14.8. The minimum absolute atomic E-state index is 0.00166. The van der Waals surface area contributed by atoms with Crippen LogP contribution in [0.4, 0.5) is 5.13 Å². The number of rotatable bonds is 12. The molecule has 1 saturated heterocycles. The minimum atomic E-state index is -1.02. The highest BCUT2D eigenvalue weighted by Crippen LogP contribution is 2.46. The Labute approximate surface area is 296 Å². The van der Waals surface area contributed by atoms with Crippen LogP contribution in [0.25, 0.3) is 5.76 Å². The smallest absolute Gasteiger partial charge is 0.301 e. The Kier molecular flexibility index (Phi) is 10.5. The number of ketones is 1. The van der Waals surface area contributed by atoms with Crippen LogP contribution in [-0.2, 0) is 21.8 Å².